The van der Waals surface area contributed by atoms with Gasteiger partial charge in [0.05, 0.1) is 7.11 Å². The molecule has 1 N–H and O–H groups in total. The van der Waals surface area contributed by atoms with Gasteiger partial charge >= 0.3 is 0 Å². The lowest BCUT2D eigenvalue weighted by atomic mass is 9.90. The number of methoxy groups -OCH3 is 1. The number of hydrogen-bond acceptors (Lipinski definition) is 2. The molecular weight excluding hydrogens is 210 g/mol. The molecule has 2 rings (SSSR count). The minimum Gasteiger partial charge on any atom is -0.496 e. The molecule has 2 heteroatoms. The number of piperidine rings is 1. The highest BCUT2D eigenvalue weighted by Crippen LogP contribution is 2.24. The summed E-state index contributed by atoms with van der Waals surface area (Å²) in [5.41, 5.74) is 2.80. The summed E-state index contributed by atoms with van der Waals surface area (Å²) >= 11 is 0. The predicted octanol–water partition coefficient (Wildman–Crippen LogP) is 2.80. The normalized spacial score (nSPS) is 17.1. The van der Waals surface area contributed by atoms with Gasteiger partial charge in [-0.2, -0.15) is 0 Å². The molecule has 0 unspecified atom stereocenters. The lowest BCUT2D eigenvalue weighted by Crippen LogP contribution is -2.28. The molecular formula is C15H23NO. The van der Waals surface area contributed by atoms with Crippen molar-refractivity contribution in [3.63, 3.8) is 0 Å². The summed E-state index contributed by atoms with van der Waals surface area (Å²) in [7, 11) is 1.75. The van der Waals surface area contributed by atoms with Crippen molar-refractivity contribution in [2.24, 2.45) is 5.92 Å². The van der Waals surface area contributed by atoms with Crippen LogP contribution in [0.15, 0.2) is 18.2 Å². The number of rotatable bonds is 4. The monoisotopic (exact) mass is 233 g/mol. The first kappa shape index (κ1) is 12.4. The number of nitrogens with one attached hydrogen (secondary N) is 1. The Morgan fingerprint density at radius 2 is 2.06 bits per heavy atom. The maximum absolute atomic E-state index is 5.37. The summed E-state index contributed by atoms with van der Waals surface area (Å²) in [4.78, 5) is 0. The Labute approximate surface area is 104 Å². The van der Waals surface area contributed by atoms with Gasteiger partial charge in [-0.3, -0.25) is 0 Å². The largest absolute Gasteiger partial charge is 0.496 e. The molecule has 1 saturated heterocycles. The Kier molecular flexibility index (Phi) is 4.43. The van der Waals surface area contributed by atoms with Crippen molar-refractivity contribution in [3.8, 4) is 5.75 Å². The van der Waals surface area contributed by atoms with Crippen LogP contribution < -0.4 is 10.1 Å². The number of hydrogen-bond donors (Lipinski definition) is 1. The van der Waals surface area contributed by atoms with E-state index in [0.29, 0.717) is 0 Å². The van der Waals surface area contributed by atoms with Gasteiger partial charge in [0.1, 0.15) is 5.75 Å². The second-order valence-corrected chi connectivity index (χ2v) is 4.90. The minimum atomic E-state index is 0.856. The van der Waals surface area contributed by atoms with Crippen molar-refractivity contribution in [1.29, 1.82) is 0 Å². The van der Waals surface area contributed by atoms with Gasteiger partial charge in [0, 0.05) is 0 Å². The van der Waals surface area contributed by atoms with Crippen LogP contribution in [0.25, 0.3) is 0 Å². The van der Waals surface area contributed by atoms with E-state index in [1.165, 1.54) is 43.5 Å². The Hall–Kier alpha value is -1.02. The van der Waals surface area contributed by atoms with Crippen LogP contribution in [0.3, 0.4) is 0 Å². The average molecular weight is 233 g/mol. The molecule has 0 bridgehead atoms. The van der Waals surface area contributed by atoms with Crippen LogP contribution in [0.5, 0.6) is 5.75 Å². The van der Waals surface area contributed by atoms with E-state index < -0.39 is 0 Å². The fraction of sp³-hybridized carbons (Fsp3) is 0.600. The van der Waals surface area contributed by atoms with Gasteiger partial charge in [-0.05, 0) is 61.9 Å². The molecule has 0 amide bonds. The Morgan fingerprint density at radius 3 is 2.71 bits per heavy atom. The van der Waals surface area contributed by atoms with E-state index in [-0.39, 0.29) is 0 Å². The van der Waals surface area contributed by atoms with Crippen LogP contribution in [0.2, 0.25) is 0 Å². The second kappa shape index (κ2) is 6.06. The first-order valence-electron chi connectivity index (χ1n) is 6.70. The zero-order valence-corrected chi connectivity index (χ0v) is 11.0. The first-order valence-corrected chi connectivity index (χ1v) is 6.70. The van der Waals surface area contributed by atoms with Gasteiger partial charge in [0.25, 0.3) is 0 Å². The summed E-state index contributed by atoms with van der Waals surface area (Å²) < 4.78 is 5.37. The smallest absolute Gasteiger partial charge is 0.122 e. The van der Waals surface area contributed by atoms with Gasteiger partial charge in [-0.1, -0.05) is 19.1 Å². The van der Waals surface area contributed by atoms with Gasteiger partial charge in [0.15, 0.2) is 0 Å². The highest BCUT2D eigenvalue weighted by molar-refractivity contribution is 5.37. The molecule has 1 fully saturated rings. The molecule has 1 aromatic rings. The van der Waals surface area contributed by atoms with Gasteiger partial charge in [-0.15, -0.1) is 0 Å². The van der Waals surface area contributed by atoms with E-state index in [4.69, 9.17) is 4.74 Å². The molecule has 0 aliphatic carbocycles. The summed E-state index contributed by atoms with van der Waals surface area (Å²) in [5, 5.41) is 3.42. The average Bonchev–Trinajstić information content (AvgIpc) is 2.40. The third kappa shape index (κ3) is 3.22. The third-order valence-electron chi connectivity index (χ3n) is 3.71. The van der Waals surface area contributed by atoms with Crippen LogP contribution in [-0.4, -0.2) is 20.2 Å². The van der Waals surface area contributed by atoms with Gasteiger partial charge in [-0.25, -0.2) is 0 Å². The van der Waals surface area contributed by atoms with Crippen LogP contribution >= 0.6 is 0 Å². The molecule has 2 nitrogen and oxygen atoms in total. The SMILES string of the molecule is CCc1cc(CC2CCNCC2)ccc1OC. The quantitative estimate of drug-likeness (QED) is 0.863. The number of aryl methyl sites for hydroxylation is 1. The maximum Gasteiger partial charge on any atom is 0.122 e. The highest BCUT2D eigenvalue weighted by Gasteiger charge is 2.14. The van der Waals surface area contributed by atoms with Gasteiger partial charge in [0.2, 0.25) is 0 Å². The molecule has 0 aromatic heterocycles. The van der Waals surface area contributed by atoms with Crippen LogP contribution in [0.4, 0.5) is 0 Å². The molecule has 0 saturated carbocycles. The molecule has 1 aliphatic rings. The second-order valence-electron chi connectivity index (χ2n) is 4.90. The van der Waals surface area contributed by atoms with E-state index >= 15 is 0 Å². The zero-order chi connectivity index (χ0) is 12.1. The van der Waals surface area contributed by atoms with Crippen molar-refractivity contribution in [2.45, 2.75) is 32.6 Å². The maximum atomic E-state index is 5.37. The van der Waals surface area contributed by atoms with E-state index in [9.17, 15) is 0 Å². The van der Waals surface area contributed by atoms with Crippen molar-refractivity contribution < 1.29 is 4.74 Å². The van der Waals surface area contributed by atoms with Crippen LogP contribution in [-0.2, 0) is 12.8 Å². The molecule has 1 heterocycles. The summed E-state index contributed by atoms with van der Waals surface area (Å²) in [6, 6.07) is 6.66. The molecule has 1 aromatic carbocycles. The summed E-state index contributed by atoms with van der Waals surface area (Å²) in [6.45, 7) is 4.55. The lowest BCUT2D eigenvalue weighted by molar-refractivity contribution is 0.372. The zero-order valence-electron chi connectivity index (χ0n) is 11.0. The Bertz CT molecular complexity index is 356. The fourth-order valence-corrected chi connectivity index (χ4v) is 2.65. The van der Waals surface area contributed by atoms with Gasteiger partial charge < -0.3 is 10.1 Å². The highest BCUT2D eigenvalue weighted by atomic mass is 16.5. The van der Waals surface area contributed by atoms with Crippen molar-refractivity contribution in [1.82, 2.24) is 5.32 Å². The molecule has 94 valence electrons. The summed E-state index contributed by atoms with van der Waals surface area (Å²) in [5.74, 6) is 1.89. The third-order valence-corrected chi connectivity index (χ3v) is 3.71. The van der Waals surface area contributed by atoms with E-state index in [2.05, 4.69) is 30.4 Å². The summed E-state index contributed by atoms with van der Waals surface area (Å²) in [6.07, 6.45) is 4.89. The van der Waals surface area contributed by atoms with Crippen molar-refractivity contribution in [3.05, 3.63) is 29.3 Å². The predicted molar refractivity (Wildman–Crippen MR) is 71.7 cm³/mol. The van der Waals surface area contributed by atoms with Crippen molar-refractivity contribution >= 4 is 0 Å². The van der Waals surface area contributed by atoms with E-state index in [1.54, 1.807) is 7.11 Å². The van der Waals surface area contributed by atoms with Crippen molar-refractivity contribution in [2.75, 3.05) is 20.2 Å². The molecule has 0 radical (unpaired) electrons. The lowest BCUT2D eigenvalue weighted by Gasteiger charge is -2.23. The van der Waals surface area contributed by atoms with Crippen LogP contribution in [0.1, 0.15) is 30.9 Å². The minimum absolute atomic E-state index is 0.856. The topological polar surface area (TPSA) is 21.3 Å². The number of ether oxygens (including phenoxy) is 1. The number of benzene rings is 1. The first-order chi connectivity index (χ1) is 8.33. The van der Waals surface area contributed by atoms with Crippen LogP contribution in [0, 0.1) is 5.92 Å². The Morgan fingerprint density at radius 1 is 1.29 bits per heavy atom. The standard InChI is InChI=1S/C15H23NO/c1-3-14-11-13(4-5-15(14)17-2)10-12-6-8-16-9-7-12/h4-5,11-12,16H,3,6-10H2,1-2H3. The van der Waals surface area contributed by atoms with E-state index in [1.807, 2.05) is 0 Å². The van der Waals surface area contributed by atoms with E-state index in [0.717, 1.165) is 18.1 Å². The fourth-order valence-electron chi connectivity index (χ4n) is 2.65. The molecule has 0 atom stereocenters. The molecule has 17 heavy (non-hydrogen) atoms. The Balaban J connectivity index is 2.05. The molecule has 1 aliphatic heterocycles. The molecule has 0 spiro atoms.